The van der Waals surface area contributed by atoms with E-state index in [0.29, 0.717) is 11.5 Å². The van der Waals surface area contributed by atoms with Gasteiger partial charge in [0.1, 0.15) is 12.2 Å². The zero-order chi connectivity index (χ0) is 7.72. The molecular weight excluding hydrogens is 128 g/mol. The molecule has 0 radical (unpaired) electrons. The van der Waals surface area contributed by atoms with Gasteiger partial charge in [0.25, 0.3) is 0 Å². The Kier molecular flexibility index (Phi) is 1.54. The summed E-state index contributed by atoms with van der Waals surface area (Å²) in [4.78, 5) is 0. The predicted octanol–water partition coefficient (Wildman–Crippen LogP) is 0.735. The molecule has 2 N–H and O–H groups in total. The van der Waals surface area contributed by atoms with Gasteiger partial charge in [-0.25, -0.2) is 0 Å². The summed E-state index contributed by atoms with van der Waals surface area (Å²) in [6, 6.07) is 2.02. The first kappa shape index (κ1) is 6.94. The molecule has 0 fully saturated rings. The van der Waals surface area contributed by atoms with Crippen LogP contribution >= 0.6 is 0 Å². The first-order valence-electron chi connectivity index (χ1n) is 3.23. The molecule has 1 rings (SSSR count). The van der Waals surface area contributed by atoms with Crippen LogP contribution in [-0.4, -0.2) is 6.10 Å². The highest BCUT2D eigenvalue weighted by Crippen LogP contribution is 2.26. The molecule has 2 atom stereocenters. The zero-order valence-corrected chi connectivity index (χ0v) is 6.09. The molecule has 1 aliphatic rings. The van der Waals surface area contributed by atoms with E-state index in [4.69, 9.17) is 15.7 Å². The van der Waals surface area contributed by atoms with Crippen molar-refractivity contribution < 1.29 is 4.74 Å². The molecule has 1 heterocycles. The second-order valence-corrected chi connectivity index (χ2v) is 2.50. The summed E-state index contributed by atoms with van der Waals surface area (Å²) >= 11 is 0. The van der Waals surface area contributed by atoms with Crippen molar-refractivity contribution in [3.63, 3.8) is 0 Å². The van der Waals surface area contributed by atoms with Crippen LogP contribution < -0.4 is 5.73 Å². The van der Waals surface area contributed by atoms with Gasteiger partial charge in [-0.15, -0.1) is 0 Å². The van der Waals surface area contributed by atoms with Gasteiger partial charge in [-0.2, -0.15) is 5.26 Å². The third-order valence-electron chi connectivity index (χ3n) is 1.86. The second-order valence-electron chi connectivity index (χ2n) is 2.50. The molecule has 3 nitrogen and oxygen atoms in total. The van der Waals surface area contributed by atoms with Gasteiger partial charge in [-0.05, 0) is 6.92 Å². The minimum absolute atomic E-state index is 0.0506. The number of hydrogen-bond acceptors (Lipinski definition) is 3. The van der Waals surface area contributed by atoms with E-state index in [0.717, 1.165) is 0 Å². The van der Waals surface area contributed by atoms with E-state index in [9.17, 15) is 0 Å². The fourth-order valence-corrected chi connectivity index (χ4v) is 0.982. The molecule has 0 saturated carbocycles. The van der Waals surface area contributed by atoms with Crippen molar-refractivity contribution in [3.8, 4) is 6.07 Å². The largest absolute Gasteiger partial charge is 0.475 e. The van der Waals surface area contributed by atoms with E-state index in [-0.39, 0.29) is 12.0 Å². The molecule has 0 amide bonds. The lowest BCUT2D eigenvalue weighted by molar-refractivity contribution is 0.132. The maximum atomic E-state index is 8.56. The van der Waals surface area contributed by atoms with E-state index in [1.54, 1.807) is 0 Å². The summed E-state index contributed by atoms with van der Waals surface area (Å²) in [6.07, 6.45) is 0.0506. The van der Waals surface area contributed by atoms with Crippen LogP contribution in [0.1, 0.15) is 13.8 Å². The van der Waals surface area contributed by atoms with E-state index in [1.165, 1.54) is 0 Å². The van der Waals surface area contributed by atoms with Crippen molar-refractivity contribution >= 4 is 0 Å². The molecule has 0 aromatic heterocycles. The molecule has 0 aromatic rings. The van der Waals surface area contributed by atoms with Gasteiger partial charge >= 0.3 is 0 Å². The van der Waals surface area contributed by atoms with Gasteiger partial charge in [-0.1, -0.05) is 6.92 Å². The normalized spacial score (nSPS) is 31.7. The van der Waals surface area contributed by atoms with Crippen LogP contribution in [0.4, 0.5) is 0 Å². The minimum atomic E-state index is 0.0506. The van der Waals surface area contributed by atoms with Crippen LogP contribution in [0.2, 0.25) is 0 Å². The van der Waals surface area contributed by atoms with Gasteiger partial charge < -0.3 is 10.5 Å². The summed E-state index contributed by atoms with van der Waals surface area (Å²) in [5, 5.41) is 8.56. The van der Waals surface area contributed by atoms with Crippen molar-refractivity contribution in [3.05, 3.63) is 11.5 Å². The Morgan fingerprint density at radius 2 is 2.20 bits per heavy atom. The van der Waals surface area contributed by atoms with Gasteiger partial charge in [0.2, 0.25) is 0 Å². The molecule has 0 saturated heterocycles. The third-order valence-corrected chi connectivity index (χ3v) is 1.86. The summed E-state index contributed by atoms with van der Waals surface area (Å²) in [5.74, 6) is 0.438. The van der Waals surface area contributed by atoms with Crippen LogP contribution in [0.5, 0.6) is 0 Å². The maximum absolute atomic E-state index is 8.56. The van der Waals surface area contributed by atoms with Crippen LogP contribution in [0.15, 0.2) is 11.5 Å². The van der Waals surface area contributed by atoms with Crippen molar-refractivity contribution in [1.29, 1.82) is 5.26 Å². The van der Waals surface area contributed by atoms with Gasteiger partial charge in [0.15, 0.2) is 5.88 Å². The van der Waals surface area contributed by atoms with Crippen LogP contribution in [0, 0.1) is 17.2 Å². The highest BCUT2D eigenvalue weighted by atomic mass is 16.5. The molecule has 54 valence electrons. The van der Waals surface area contributed by atoms with Gasteiger partial charge in [-0.3, -0.25) is 0 Å². The third kappa shape index (κ3) is 0.820. The number of hydrogen-bond donors (Lipinski definition) is 1. The Bertz CT molecular complexity index is 214. The highest BCUT2D eigenvalue weighted by molar-refractivity contribution is 5.29. The Hall–Kier alpha value is -1.17. The lowest BCUT2D eigenvalue weighted by atomic mass is 10.0. The molecular formula is C7H10N2O. The van der Waals surface area contributed by atoms with E-state index >= 15 is 0 Å². The van der Waals surface area contributed by atoms with Gasteiger partial charge in [0.05, 0.1) is 5.57 Å². The molecule has 1 aliphatic heterocycles. The summed E-state index contributed by atoms with van der Waals surface area (Å²) < 4.78 is 5.11. The summed E-state index contributed by atoms with van der Waals surface area (Å²) in [6.45, 7) is 3.84. The average Bonchev–Trinajstić information content (AvgIpc) is 2.09. The number of nitriles is 1. The Morgan fingerprint density at radius 1 is 1.60 bits per heavy atom. The lowest BCUT2D eigenvalue weighted by Gasteiger charge is -2.07. The van der Waals surface area contributed by atoms with Crippen molar-refractivity contribution in [2.24, 2.45) is 11.7 Å². The molecule has 0 unspecified atom stereocenters. The molecule has 0 spiro atoms. The van der Waals surface area contributed by atoms with E-state index < -0.39 is 0 Å². The molecule has 0 aliphatic carbocycles. The number of ether oxygens (including phenoxy) is 1. The quantitative estimate of drug-likeness (QED) is 0.537. The Labute approximate surface area is 60.1 Å². The molecule has 0 bridgehead atoms. The highest BCUT2D eigenvalue weighted by Gasteiger charge is 2.28. The van der Waals surface area contributed by atoms with Crippen LogP contribution in [-0.2, 0) is 4.74 Å². The maximum Gasteiger partial charge on any atom is 0.198 e. The molecule has 0 aromatic carbocycles. The number of nitrogens with zero attached hydrogens (tertiary/aromatic N) is 1. The first-order valence-corrected chi connectivity index (χ1v) is 3.23. The summed E-state index contributed by atoms with van der Waals surface area (Å²) in [7, 11) is 0. The van der Waals surface area contributed by atoms with Crippen molar-refractivity contribution in [2.45, 2.75) is 20.0 Å². The second kappa shape index (κ2) is 2.22. The smallest absolute Gasteiger partial charge is 0.198 e. The van der Waals surface area contributed by atoms with Crippen LogP contribution in [0.3, 0.4) is 0 Å². The average molecular weight is 138 g/mol. The fraction of sp³-hybridized carbons (Fsp3) is 0.571. The molecule has 3 heteroatoms. The minimum Gasteiger partial charge on any atom is -0.475 e. The standard InChI is InChI=1S/C7H10N2O/c1-4-5(2)10-7(9)6(4)3-8/h4-5H,9H2,1-2H3/t4-,5+/m1/s1. The number of nitrogens with two attached hydrogens (primary N) is 1. The monoisotopic (exact) mass is 138 g/mol. The van der Waals surface area contributed by atoms with Crippen LogP contribution in [0.25, 0.3) is 0 Å². The van der Waals surface area contributed by atoms with Crippen molar-refractivity contribution in [2.75, 3.05) is 0 Å². The van der Waals surface area contributed by atoms with E-state index in [2.05, 4.69) is 0 Å². The SMILES string of the molecule is C[C@@H]1OC(N)=C(C#N)[C@@H]1C. The van der Waals surface area contributed by atoms with E-state index in [1.807, 2.05) is 19.9 Å². The zero-order valence-electron chi connectivity index (χ0n) is 6.09. The lowest BCUT2D eigenvalue weighted by Crippen LogP contribution is -2.10. The topological polar surface area (TPSA) is 59.0 Å². The summed E-state index contributed by atoms with van der Waals surface area (Å²) in [5.41, 5.74) is 5.98. The van der Waals surface area contributed by atoms with Crippen molar-refractivity contribution in [1.82, 2.24) is 0 Å². The first-order chi connectivity index (χ1) is 4.66. The Morgan fingerprint density at radius 3 is 2.40 bits per heavy atom. The fourth-order valence-electron chi connectivity index (χ4n) is 0.982. The number of rotatable bonds is 0. The predicted molar refractivity (Wildman–Crippen MR) is 36.5 cm³/mol. The molecule has 10 heavy (non-hydrogen) atoms. The Balaban J connectivity index is 2.88. The van der Waals surface area contributed by atoms with Gasteiger partial charge in [0, 0.05) is 5.92 Å².